The number of benzene rings is 3. The molecule has 156 valence electrons. The highest BCUT2D eigenvalue weighted by Crippen LogP contribution is 2.26. The fourth-order valence-electron chi connectivity index (χ4n) is 3.69. The van der Waals surface area contributed by atoms with E-state index in [-0.39, 0.29) is 11.3 Å². The molecule has 0 unspecified atom stereocenters. The molecule has 0 atom stereocenters. The van der Waals surface area contributed by atoms with Crippen LogP contribution in [0.2, 0.25) is 0 Å². The van der Waals surface area contributed by atoms with Gasteiger partial charge in [-0.05, 0) is 66.8 Å². The Kier molecular flexibility index (Phi) is 5.47. The molecule has 1 aromatic heterocycles. The van der Waals surface area contributed by atoms with Crippen molar-refractivity contribution in [3.63, 3.8) is 0 Å². The van der Waals surface area contributed by atoms with Gasteiger partial charge in [-0.1, -0.05) is 44.2 Å². The summed E-state index contributed by atoms with van der Waals surface area (Å²) in [6, 6.07) is 20.3. The zero-order chi connectivity index (χ0) is 22.1. The van der Waals surface area contributed by atoms with Gasteiger partial charge < -0.3 is 9.73 Å². The highest BCUT2D eigenvalue weighted by atomic mass is 16.3. The van der Waals surface area contributed by atoms with Crippen molar-refractivity contribution in [2.75, 3.05) is 5.32 Å². The molecule has 4 heteroatoms. The molecular formula is C27H25NO3. The van der Waals surface area contributed by atoms with E-state index in [0.717, 1.165) is 22.4 Å². The molecular weight excluding hydrogens is 386 g/mol. The van der Waals surface area contributed by atoms with Crippen LogP contribution in [0.25, 0.3) is 22.3 Å². The number of carbonyl (C=O) groups is 1. The topological polar surface area (TPSA) is 59.3 Å². The predicted molar refractivity (Wildman–Crippen MR) is 126 cm³/mol. The van der Waals surface area contributed by atoms with Gasteiger partial charge in [-0.2, -0.15) is 0 Å². The Morgan fingerprint density at radius 3 is 2.23 bits per heavy atom. The number of anilines is 1. The lowest BCUT2D eigenvalue weighted by Crippen LogP contribution is -2.11. The van der Waals surface area contributed by atoms with Gasteiger partial charge in [0.1, 0.15) is 11.3 Å². The maximum atomic E-state index is 12.6. The second-order valence-corrected chi connectivity index (χ2v) is 8.24. The molecule has 0 aliphatic rings. The molecule has 0 radical (unpaired) electrons. The van der Waals surface area contributed by atoms with Gasteiger partial charge in [-0.25, -0.2) is 0 Å². The van der Waals surface area contributed by atoms with Crippen molar-refractivity contribution >= 4 is 22.6 Å². The summed E-state index contributed by atoms with van der Waals surface area (Å²) in [6.07, 6.45) is 0. The molecule has 4 nitrogen and oxygen atoms in total. The van der Waals surface area contributed by atoms with E-state index in [0.29, 0.717) is 28.2 Å². The van der Waals surface area contributed by atoms with Gasteiger partial charge in [0, 0.05) is 22.9 Å². The van der Waals surface area contributed by atoms with Crippen LogP contribution in [-0.2, 0) is 0 Å². The molecule has 1 heterocycles. The van der Waals surface area contributed by atoms with Crippen molar-refractivity contribution in [3.05, 3.63) is 99.2 Å². The monoisotopic (exact) mass is 411 g/mol. The van der Waals surface area contributed by atoms with Crippen LogP contribution in [0.3, 0.4) is 0 Å². The number of amides is 1. The molecule has 0 saturated heterocycles. The van der Waals surface area contributed by atoms with Crippen molar-refractivity contribution in [3.8, 4) is 11.3 Å². The van der Waals surface area contributed by atoms with E-state index in [4.69, 9.17) is 4.42 Å². The smallest absolute Gasteiger partial charge is 0.255 e. The Bertz CT molecular complexity index is 1310. The molecule has 0 aliphatic carbocycles. The van der Waals surface area contributed by atoms with E-state index in [1.54, 1.807) is 24.3 Å². The SMILES string of the molecule is Cc1cc(C)c2oc(-c3ccc(C(=O)Nc4ccc(C(C)C)cc4)cc3)cc(=O)c2c1. The number of aryl methyl sites for hydroxylation is 2. The quantitative estimate of drug-likeness (QED) is 0.420. The van der Waals surface area contributed by atoms with Crippen LogP contribution in [0.1, 0.15) is 46.8 Å². The summed E-state index contributed by atoms with van der Waals surface area (Å²) in [4.78, 5) is 25.2. The zero-order valence-electron chi connectivity index (χ0n) is 18.2. The van der Waals surface area contributed by atoms with Gasteiger partial charge in [-0.15, -0.1) is 0 Å². The number of nitrogens with one attached hydrogen (secondary N) is 1. The lowest BCUT2D eigenvalue weighted by molar-refractivity contribution is 0.102. The lowest BCUT2D eigenvalue weighted by atomic mass is 10.0. The van der Waals surface area contributed by atoms with E-state index < -0.39 is 0 Å². The van der Waals surface area contributed by atoms with Crippen molar-refractivity contribution < 1.29 is 9.21 Å². The second kappa shape index (κ2) is 8.23. The minimum Gasteiger partial charge on any atom is -0.456 e. The Labute approximate surface area is 181 Å². The standard InChI is InChI=1S/C27H25NO3/c1-16(2)19-9-11-22(12-10-19)28-27(30)21-7-5-20(6-8-21)25-15-24(29)23-14-17(3)13-18(4)26(23)31-25/h5-16H,1-4H3,(H,28,30). The number of rotatable bonds is 4. The molecule has 0 bridgehead atoms. The maximum Gasteiger partial charge on any atom is 0.255 e. The van der Waals surface area contributed by atoms with Crippen LogP contribution in [0.15, 0.2) is 75.9 Å². The third-order valence-electron chi connectivity index (χ3n) is 5.43. The van der Waals surface area contributed by atoms with E-state index >= 15 is 0 Å². The molecule has 0 spiro atoms. The molecule has 0 aliphatic heterocycles. The van der Waals surface area contributed by atoms with Gasteiger partial charge in [0.2, 0.25) is 0 Å². The van der Waals surface area contributed by atoms with Gasteiger partial charge in [0.15, 0.2) is 5.43 Å². The fraction of sp³-hybridized carbons (Fsp3) is 0.185. The molecule has 31 heavy (non-hydrogen) atoms. The normalized spacial score (nSPS) is 11.1. The number of carbonyl (C=O) groups excluding carboxylic acids is 1. The summed E-state index contributed by atoms with van der Waals surface area (Å²) in [6.45, 7) is 8.16. The summed E-state index contributed by atoms with van der Waals surface area (Å²) < 4.78 is 6.04. The minimum atomic E-state index is -0.185. The summed E-state index contributed by atoms with van der Waals surface area (Å²) in [5.74, 6) is 0.746. The highest BCUT2D eigenvalue weighted by molar-refractivity contribution is 6.04. The summed E-state index contributed by atoms with van der Waals surface area (Å²) in [5, 5.41) is 3.50. The van der Waals surface area contributed by atoms with Crippen LogP contribution in [0.5, 0.6) is 0 Å². The van der Waals surface area contributed by atoms with Crippen molar-refractivity contribution in [1.29, 1.82) is 0 Å². The zero-order valence-corrected chi connectivity index (χ0v) is 18.2. The first kappa shape index (κ1) is 20.6. The van der Waals surface area contributed by atoms with Gasteiger partial charge in [-0.3, -0.25) is 9.59 Å². The van der Waals surface area contributed by atoms with Gasteiger partial charge in [0.05, 0.1) is 5.39 Å². The summed E-state index contributed by atoms with van der Waals surface area (Å²) in [7, 11) is 0. The van der Waals surface area contributed by atoms with Crippen LogP contribution >= 0.6 is 0 Å². The summed E-state index contributed by atoms with van der Waals surface area (Å²) in [5.41, 5.74) is 5.74. The molecule has 1 amide bonds. The average molecular weight is 412 g/mol. The second-order valence-electron chi connectivity index (χ2n) is 8.24. The van der Waals surface area contributed by atoms with Crippen LogP contribution in [0.4, 0.5) is 5.69 Å². The average Bonchev–Trinajstić information content (AvgIpc) is 2.75. The maximum absolute atomic E-state index is 12.6. The van der Waals surface area contributed by atoms with Gasteiger partial charge >= 0.3 is 0 Å². The van der Waals surface area contributed by atoms with E-state index in [1.165, 1.54) is 11.6 Å². The molecule has 0 saturated carbocycles. The minimum absolute atomic E-state index is 0.0743. The Morgan fingerprint density at radius 1 is 0.903 bits per heavy atom. The summed E-state index contributed by atoms with van der Waals surface area (Å²) >= 11 is 0. The van der Waals surface area contributed by atoms with Crippen LogP contribution < -0.4 is 10.7 Å². The Balaban J connectivity index is 1.58. The third-order valence-corrected chi connectivity index (χ3v) is 5.43. The third kappa shape index (κ3) is 4.29. The van der Waals surface area contributed by atoms with Gasteiger partial charge in [0.25, 0.3) is 5.91 Å². The first-order chi connectivity index (χ1) is 14.8. The molecule has 3 aromatic carbocycles. The Hall–Kier alpha value is -3.66. The lowest BCUT2D eigenvalue weighted by Gasteiger charge is -2.09. The first-order valence-corrected chi connectivity index (χ1v) is 10.4. The molecule has 4 rings (SSSR count). The van der Waals surface area contributed by atoms with E-state index in [9.17, 15) is 9.59 Å². The van der Waals surface area contributed by atoms with Crippen LogP contribution in [-0.4, -0.2) is 5.91 Å². The van der Waals surface area contributed by atoms with E-state index in [2.05, 4.69) is 19.2 Å². The molecule has 4 aromatic rings. The Morgan fingerprint density at radius 2 is 1.58 bits per heavy atom. The van der Waals surface area contributed by atoms with Crippen molar-refractivity contribution in [1.82, 2.24) is 0 Å². The highest BCUT2D eigenvalue weighted by Gasteiger charge is 2.11. The fourth-order valence-corrected chi connectivity index (χ4v) is 3.69. The van der Waals surface area contributed by atoms with Crippen molar-refractivity contribution in [2.24, 2.45) is 0 Å². The number of hydrogen-bond acceptors (Lipinski definition) is 3. The molecule has 0 fully saturated rings. The number of fused-ring (bicyclic) bond motifs is 1. The predicted octanol–water partition coefficient (Wildman–Crippen LogP) is 6.45. The van der Waals surface area contributed by atoms with Crippen LogP contribution in [0, 0.1) is 13.8 Å². The van der Waals surface area contributed by atoms with E-state index in [1.807, 2.05) is 50.2 Å². The first-order valence-electron chi connectivity index (χ1n) is 10.4. The molecule has 1 N–H and O–H groups in total. The van der Waals surface area contributed by atoms with Crippen molar-refractivity contribution in [2.45, 2.75) is 33.6 Å². The largest absolute Gasteiger partial charge is 0.456 e. The number of hydrogen-bond donors (Lipinski definition) is 1.